The second kappa shape index (κ2) is 8.45. The van der Waals surface area contributed by atoms with Gasteiger partial charge in [-0.1, -0.05) is 23.7 Å². The first-order valence-corrected chi connectivity index (χ1v) is 11.0. The molecule has 0 aliphatic carbocycles. The maximum Gasteiger partial charge on any atom is 0.297 e. The van der Waals surface area contributed by atoms with Gasteiger partial charge >= 0.3 is 0 Å². The highest BCUT2D eigenvalue weighted by Crippen LogP contribution is 2.29. The Balaban J connectivity index is 1.48. The smallest absolute Gasteiger partial charge is 0.297 e. The first kappa shape index (κ1) is 20.8. The first-order valence-electron chi connectivity index (χ1n) is 10.6. The van der Waals surface area contributed by atoms with Crippen molar-refractivity contribution in [2.75, 3.05) is 6.54 Å². The molecule has 0 saturated carbocycles. The van der Waals surface area contributed by atoms with Crippen LogP contribution in [0.15, 0.2) is 59.5 Å². The van der Waals surface area contributed by atoms with E-state index < -0.39 is 5.82 Å². The molecular formula is C25H23ClFN3O2. The van der Waals surface area contributed by atoms with Crippen molar-refractivity contribution in [3.05, 3.63) is 92.7 Å². The molecule has 7 heteroatoms. The van der Waals surface area contributed by atoms with Crippen LogP contribution in [0.5, 0.6) is 5.75 Å². The highest BCUT2D eigenvalue weighted by molar-refractivity contribution is 6.30. The largest absolute Gasteiger partial charge is 0.483 e. The van der Waals surface area contributed by atoms with Gasteiger partial charge in [0.05, 0.1) is 11.2 Å². The molecule has 0 radical (unpaired) electrons. The van der Waals surface area contributed by atoms with Gasteiger partial charge in [-0.25, -0.2) is 4.39 Å². The van der Waals surface area contributed by atoms with E-state index in [1.807, 2.05) is 12.1 Å². The number of hydrogen-bond donors (Lipinski definition) is 1. The van der Waals surface area contributed by atoms with Gasteiger partial charge in [-0.15, -0.1) is 0 Å². The van der Waals surface area contributed by atoms with Crippen LogP contribution >= 0.6 is 11.6 Å². The zero-order valence-corrected chi connectivity index (χ0v) is 18.5. The van der Waals surface area contributed by atoms with Crippen LogP contribution in [0.4, 0.5) is 4.39 Å². The normalized spacial score (nSPS) is 13.7. The van der Waals surface area contributed by atoms with Crippen LogP contribution in [0, 0.1) is 5.82 Å². The van der Waals surface area contributed by atoms with Crippen LogP contribution in [0.2, 0.25) is 5.02 Å². The van der Waals surface area contributed by atoms with E-state index in [9.17, 15) is 9.18 Å². The molecule has 0 saturated heterocycles. The first-order chi connectivity index (χ1) is 15.5. The number of fused-ring (bicyclic) bond motifs is 3. The minimum Gasteiger partial charge on any atom is -0.483 e. The molecule has 32 heavy (non-hydrogen) atoms. The van der Waals surface area contributed by atoms with Crippen molar-refractivity contribution in [3.8, 4) is 11.4 Å². The minimum atomic E-state index is -0.461. The molecule has 1 N–H and O–H groups in total. The van der Waals surface area contributed by atoms with E-state index in [0.29, 0.717) is 10.6 Å². The number of halogens is 2. The predicted octanol–water partition coefficient (Wildman–Crippen LogP) is 4.74. The molecule has 0 amide bonds. The van der Waals surface area contributed by atoms with Gasteiger partial charge in [-0.05, 0) is 61.3 Å². The maximum absolute atomic E-state index is 14.1. The number of rotatable bonds is 4. The molecule has 5 rings (SSSR count). The van der Waals surface area contributed by atoms with Gasteiger partial charge in [-0.3, -0.25) is 9.36 Å². The number of hydrogen-bond acceptors (Lipinski definition) is 3. The van der Waals surface area contributed by atoms with Crippen LogP contribution in [-0.4, -0.2) is 15.7 Å². The summed E-state index contributed by atoms with van der Waals surface area (Å²) in [5, 5.41) is 5.01. The lowest BCUT2D eigenvalue weighted by atomic mass is 10.1. The van der Waals surface area contributed by atoms with Crippen LogP contribution in [-0.2, 0) is 26.6 Å². The van der Waals surface area contributed by atoms with Gasteiger partial charge in [-0.2, -0.15) is 0 Å². The Labute approximate surface area is 190 Å². The molecule has 3 heterocycles. The fourth-order valence-corrected chi connectivity index (χ4v) is 4.56. The van der Waals surface area contributed by atoms with Crippen molar-refractivity contribution in [1.82, 2.24) is 14.5 Å². The molecule has 164 valence electrons. The van der Waals surface area contributed by atoms with Crippen molar-refractivity contribution < 1.29 is 9.13 Å². The van der Waals surface area contributed by atoms with Gasteiger partial charge in [0.2, 0.25) is 0 Å². The quantitative estimate of drug-likeness (QED) is 0.487. The molecule has 0 unspecified atom stereocenters. The number of pyridine rings is 1. The van der Waals surface area contributed by atoms with Crippen molar-refractivity contribution in [2.24, 2.45) is 7.05 Å². The van der Waals surface area contributed by atoms with Gasteiger partial charge < -0.3 is 14.6 Å². The second-order valence-corrected chi connectivity index (χ2v) is 8.47. The fourth-order valence-electron chi connectivity index (χ4n) is 4.40. The van der Waals surface area contributed by atoms with Crippen LogP contribution in [0.1, 0.15) is 23.2 Å². The van der Waals surface area contributed by atoms with Crippen molar-refractivity contribution in [1.29, 1.82) is 0 Å². The van der Waals surface area contributed by atoms with E-state index in [0.717, 1.165) is 37.1 Å². The average molecular weight is 452 g/mol. The second-order valence-electron chi connectivity index (χ2n) is 8.04. The molecule has 4 aromatic rings. The highest BCUT2D eigenvalue weighted by Gasteiger charge is 2.18. The summed E-state index contributed by atoms with van der Waals surface area (Å²) in [5.41, 5.74) is 4.58. The SMILES string of the molecule is Cn1c2c(c3ccc(-n4cccc(OCc5ccc(Cl)cc5F)c4=O)cc31)CNCCC2. The molecule has 0 spiro atoms. The third-order valence-electron chi connectivity index (χ3n) is 6.08. The molecule has 0 fully saturated rings. The Bertz CT molecular complexity index is 1380. The molecular weight excluding hydrogens is 429 g/mol. The monoisotopic (exact) mass is 451 g/mol. The van der Waals surface area contributed by atoms with Crippen molar-refractivity contribution >= 4 is 22.5 Å². The number of aromatic nitrogens is 2. The van der Waals surface area contributed by atoms with E-state index in [4.69, 9.17) is 16.3 Å². The number of aryl methyl sites for hydroxylation is 1. The lowest BCUT2D eigenvalue weighted by Crippen LogP contribution is -2.19. The van der Waals surface area contributed by atoms with E-state index in [1.54, 1.807) is 35.0 Å². The number of benzene rings is 2. The average Bonchev–Trinajstić information content (AvgIpc) is 2.94. The summed E-state index contributed by atoms with van der Waals surface area (Å²) in [4.78, 5) is 13.1. The molecule has 5 nitrogen and oxygen atoms in total. The number of ether oxygens (including phenoxy) is 1. The van der Waals surface area contributed by atoms with E-state index >= 15 is 0 Å². The molecule has 2 aromatic carbocycles. The van der Waals surface area contributed by atoms with E-state index in [-0.39, 0.29) is 17.9 Å². The zero-order valence-electron chi connectivity index (χ0n) is 17.7. The summed E-state index contributed by atoms with van der Waals surface area (Å²) < 4.78 is 23.5. The van der Waals surface area contributed by atoms with Crippen LogP contribution < -0.4 is 15.6 Å². The van der Waals surface area contributed by atoms with Gasteiger partial charge in [0.15, 0.2) is 5.75 Å². The van der Waals surface area contributed by atoms with E-state index in [1.165, 1.54) is 22.7 Å². The molecule has 0 bridgehead atoms. The predicted molar refractivity (Wildman–Crippen MR) is 124 cm³/mol. The Hall–Kier alpha value is -3.09. The summed E-state index contributed by atoms with van der Waals surface area (Å²) in [6.07, 6.45) is 3.86. The Kier molecular flexibility index (Phi) is 5.49. The van der Waals surface area contributed by atoms with Gasteiger partial charge in [0.1, 0.15) is 12.4 Å². The van der Waals surface area contributed by atoms with Crippen LogP contribution in [0.25, 0.3) is 16.6 Å². The van der Waals surface area contributed by atoms with E-state index in [2.05, 4.69) is 23.0 Å². The summed E-state index contributed by atoms with van der Waals surface area (Å²) >= 11 is 5.80. The zero-order chi connectivity index (χ0) is 22.2. The van der Waals surface area contributed by atoms with Crippen molar-refractivity contribution in [3.63, 3.8) is 0 Å². The lowest BCUT2D eigenvalue weighted by Gasteiger charge is -2.11. The fraction of sp³-hybridized carbons (Fsp3) is 0.240. The molecule has 1 aliphatic rings. The molecule has 1 aliphatic heterocycles. The summed E-state index contributed by atoms with van der Waals surface area (Å²) in [7, 11) is 2.08. The molecule has 0 atom stereocenters. The summed E-state index contributed by atoms with van der Waals surface area (Å²) in [6.45, 7) is 1.83. The molecule has 2 aromatic heterocycles. The Morgan fingerprint density at radius 3 is 2.91 bits per heavy atom. The summed E-state index contributed by atoms with van der Waals surface area (Å²) in [5.74, 6) is -0.300. The summed E-state index contributed by atoms with van der Waals surface area (Å²) in [6, 6.07) is 13.8. The van der Waals surface area contributed by atoms with Gasteiger partial charge in [0, 0.05) is 41.5 Å². The Morgan fingerprint density at radius 2 is 2.06 bits per heavy atom. The topological polar surface area (TPSA) is 48.2 Å². The van der Waals surface area contributed by atoms with Crippen molar-refractivity contribution in [2.45, 2.75) is 26.0 Å². The third-order valence-corrected chi connectivity index (χ3v) is 6.31. The third kappa shape index (κ3) is 3.70. The maximum atomic E-state index is 14.1. The van der Waals surface area contributed by atoms with Gasteiger partial charge in [0.25, 0.3) is 5.56 Å². The van der Waals surface area contributed by atoms with Crippen LogP contribution in [0.3, 0.4) is 0 Å². The Morgan fingerprint density at radius 1 is 1.19 bits per heavy atom. The number of nitrogens with one attached hydrogen (secondary N) is 1. The number of nitrogens with zero attached hydrogens (tertiary/aromatic N) is 2. The minimum absolute atomic E-state index is 0.0567. The standard InChI is InChI=1S/C25H23ClFN3O2/c1-29-22-4-2-10-28-14-20(22)19-9-8-18(13-23(19)29)30-11-3-5-24(25(30)31)32-15-16-6-7-17(26)12-21(16)27/h3,5-9,11-13,28H,2,4,10,14-15H2,1H3. The lowest BCUT2D eigenvalue weighted by molar-refractivity contribution is 0.294. The highest BCUT2D eigenvalue weighted by atomic mass is 35.5.